The van der Waals surface area contributed by atoms with Crippen molar-refractivity contribution in [1.29, 1.82) is 0 Å². The average molecular weight is 885 g/mol. The van der Waals surface area contributed by atoms with E-state index in [1.807, 2.05) is 39.0 Å². The fourth-order valence-electron chi connectivity index (χ4n) is 4.28. The summed E-state index contributed by atoms with van der Waals surface area (Å²) in [4.78, 5) is 66.2. The first kappa shape index (κ1) is 46.0. The predicted octanol–water partition coefficient (Wildman–Crippen LogP) is 8.26. The Balaban J connectivity index is 0.000000317. The molecule has 0 unspecified atom stereocenters. The third-order valence-corrected chi connectivity index (χ3v) is 7.18. The van der Waals surface area contributed by atoms with E-state index in [0.29, 0.717) is 29.9 Å². The van der Waals surface area contributed by atoms with E-state index < -0.39 is 39.1 Å². The van der Waals surface area contributed by atoms with Gasteiger partial charge in [-0.05, 0) is 105 Å². The number of halogens is 1. The number of non-ortho nitro benzene ring substituents is 2. The molecule has 0 saturated heterocycles. The van der Waals surface area contributed by atoms with Crippen LogP contribution in [0.4, 0.5) is 32.3 Å². The standard InChI is InChI=1S/C19H21N3O5.C12H18N2O2.C8H6INO3/c1-19(2,3)27-18(24)20-12-14-6-4-5-7-16(14)21-17(23)13-8-10-15(11-9-13)22(25)26;1-12(2,3)16-11(15)14-8-9-6-4-5-7-10(9)13;9-8(11)5-6-1-3-7(4-2-6)10(12)13/h4-11H,12H2,1-3H3,(H,20,24)(H,21,23);4-7H,8,13H2,1-3H3,(H,14,15);1-4H,5H2. The van der Waals surface area contributed by atoms with E-state index in [1.54, 1.807) is 85.8 Å². The highest BCUT2D eigenvalue weighted by Crippen LogP contribution is 2.19. The molecule has 56 heavy (non-hydrogen) atoms. The summed E-state index contributed by atoms with van der Waals surface area (Å²) in [6, 6.07) is 25.7. The zero-order valence-corrected chi connectivity index (χ0v) is 33.9. The number of hydrogen-bond acceptors (Lipinski definition) is 11. The second kappa shape index (κ2) is 21.7. The first-order valence-corrected chi connectivity index (χ1v) is 18.0. The number of anilines is 2. The van der Waals surface area contributed by atoms with E-state index in [9.17, 15) is 39.4 Å². The third-order valence-electron chi connectivity index (χ3n) is 6.80. The van der Waals surface area contributed by atoms with Gasteiger partial charge in [0.1, 0.15) is 11.2 Å². The van der Waals surface area contributed by atoms with Crippen molar-refractivity contribution in [2.75, 3.05) is 11.1 Å². The molecule has 4 aromatic rings. The summed E-state index contributed by atoms with van der Waals surface area (Å²) in [5.74, 6) is -0.408. The summed E-state index contributed by atoms with van der Waals surface area (Å²) in [5, 5.41) is 29.0. The highest BCUT2D eigenvalue weighted by atomic mass is 127. The molecule has 0 atom stereocenters. The number of benzene rings is 4. The van der Waals surface area contributed by atoms with Crippen molar-refractivity contribution in [3.05, 3.63) is 140 Å². The van der Waals surface area contributed by atoms with E-state index in [2.05, 4.69) is 16.0 Å². The molecule has 0 bridgehead atoms. The van der Waals surface area contributed by atoms with Gasteiger partial charge in [-0.2, -0.15) is 0 Å². The molecule has 3 amide bonds. The van der Waals surface area contributed by atoms with E-state index >= 15 is 0 Å². The number of rotatable bonds is 10. The number of nitrogens with two attached hydrogens (primary N) is 1. The van der Waals surface area contributed by atoms with Gasteiger partial charge in [0, 0.05) is 60.7 Å². The molecule has 0 radical (unpaired) electrons. The SMILES string of the molecule is CC(C)(C)OC(=O)NCc1ccccc1N.CC(C)(C)OC(=O)NCc1ccccc1NC(=O)c1ccc([N+](=O)[O-])cc1.O=C(I)Cc1ccc([N+](=O)[O-])cc1. The minimum atomic E-state index is -0.603. The lowest BCUT2D eigenvalue weighted by molar-refractivity contribution is -0.385. The summed E-state index contributed by atoms with van der Waals surface area (Å²) in [6.07, 6.45) is -0.673. The van der Waals surface area contributed by atoms with Gasteiger partial charge in [-0.3, -0.25) is 29.8 Å². The highest BCUT2D eigenvalue weighted by molar-refractivity contribution is 14.1. The number of nitrogens with zero attached hydrogens (tertiary/aromatic N) is 2. The van der Waals surface area contributed by atoms with Crippen LogP contribution in [0.15, 0.2) is 97.1 Å². The summed E-state index contributed by atoms with van der Waals surface area (Å²) < 4.78 is 10.3. The van der Waals surface area contributed by atoms with Crippen molar-refractivity contribution in [3.63, 3.8) is 0 Å². The Hall–Kier alpha value is -6.11. The minimum absolute atomic E-state index is 0.0199. The van der Waals surface area contributed by atoms with Crippen LogP contribution in [0, 0.1) is 20.2 Å². The van der Waals surface area contributed by atoms with Crippen molar-refractivity contribution in [3.8, 4) is 0 Å². The largest absolute Gasteiger partial charge is 0.444 e. The Morgan fingerprint density at radius 2 is 1.09 bits per heavy atom. The van der Waals surface area contributed by atoms with E-state index in [1.165, 1.54) is 36.4 Å². The number of nitro benzene ring substituents is 2. The lowest BCUT2D eigenvalue weighted by Crippen LogP contribution is -2.32. The van der Waals surface area contributed by atoms with Crippen molar-refractivity contribution in [2.45, 2.75) is 72.3 Å². The van der Waals surface area contributed by atoms with Gasteiger partial charge in [0.25, 0.3) is 17.3 Å². The normalized spacial score (nSPS) is 10.6. The van der Waals surface area contributed by atoms with Gasteiger partial charge in [-0.15, -0.1) is 0 Å². The number of ether oxygens (including phenoxy) is 2. The van der Waals surface area contributed by atoms with Gasteiger partial charge in [-0.1, -0.05) is 48.5 Å². The number of carbonyl (C=O) groups is 4. The first-order valence-electron chi connectivity index (χ1n) is 17.0. The summed E-state index contributed by atoms with van der Waals surface area (Å²) in [7, 11) is 0. The number of para-hydroxylation sites is 2. The molecule has 17 heteroatoms. The van der Waals surface area contributed by atoms with Gasteiger partial charge in [0.2, 0.25) is 0 Å². The molecule has 0 aliphatic carbocycles. The van der Waals surface area contributed by atoms with Crippen LogP contribution in [0.25, 0.3) is 0 Å². The maximum atomic E-state index is 12.4. The molecule has 5 N–H and O–H groups in total. The van der Waals surface area contributed by atoms with Gasteiger partial charge in [-0.25, -0.2) is 9.59 Å². The second-order valence-corrected chi connectivity index (χ2v) is 15.0. The summed E-state index contributed by atoms with van der Waals surface area (Å²) in [6.45, 7) is 11.3. The molecular weight excluding hydrogens is 839 g/mol. The fourth-order valence-corrected chi connectivity index (χ4v) is 4.72. The molecular formula is C39H45IN6O10. The van der Waals surface area contributed by atoms with Gasteiger partial charge >= 0.3 is 12.2 Å². The van der Waals surface area contributed by atoms with Crippen LogP contribution >= 0.6 is 22.6 Å². The maximum absolute atomic E-state index is 12.4. The Labute approximate surface area is 338 Å². The predicted molar refractivity (Wildman–Crippen MR) is 220 cm³/mol. The molecule has 16 nitrogen and oxygen atoms in total. The van der Waals surface area contributed by atoms with Crippen molar-refractivity contribution in [2.24, 2.45) is 0 Å². The smallest absolute Gasteiger partial charge is 0.407 e. The molecule has 0 fully saturated rings. The number of hydrogen-bond donors (Lipinski definition) is 4. The molecule has 298 valence electrons. The van der Waals surface area contributed by atoms with Crippen LogP contribution in [0.3, 0.4) is 0 Å². The number of carbonyl (C=O) groups excluding carboxylic acids is 4. The number of nitrogen functional groups attached to an aromatic ring is 1. The molecule has 0 heterocycles. The number of alkyl carbamates (subject to hydrolysis) is 2. The fraction of sp³-hybridized carbons (Fsp3) is 0.282. The van der Waals surface area contributed by atoms with Gasteiger partial charge < -0.3 is 31.2 Å². The first-order chi connectivity index (χ1) is 26.1. The maximum Gasteiger partial charge on any atom is 0.407 e. The zero-order chi connectivity index (χ0) is 42.1. The van der Waals surface area contributed by atoms with E-state index in [0.717, 1.165) is 11.1 Å². The number of nitro groups is 2. The van der Waals surface area contributed by atoms with Gasteiger partial charge in [0.15, 0.2) is 3.79 Å². The van der Waals surface area contributed by atoms with E-state index in [-0.39, 0.29) is 27.3 Å². The van der Waals surface area contributed by atoms with Gasteiger partial charge in [0.05, 0.1) is 9.85 Å². The van der Waals surface area contributed by atoms with Crippen molar-refractivity contribution in [1.82, 2.24) is 10.6 Å². The van der Waals surface area contributed by atoms with E-state index in [4.69, 9.17) is 15.2 Å². The van der Waals surface area contributed by atoms with Crippen LogP contribution in [0.2, 0.25) is 0 Å². The molecule has 0 aliphatic rings. The van der Waals surface area contributed by atoms with Crippen molar-refractivity contribution < 1.29 is 38.5 Å². The third kappa shape index (κ3) is 18.3. The van der Waals surface area contributed by atoms with Crippen LogP contribution in [0.5, 0.6) is 0 Å². The van der Waals surface area contributed by atoms with Crippen LogP contribution < -0.4 is 21.7 Å². The van der Waals surface area contributed by atoms with Crippen LogP contribution in [-0.4, -0.2) is 42.9 Å². The monoisotopic (exact) mass is 884 g/mol. The molecule has 4 rings (SSSR count). The molecule has 4 aromatic carbocycles. The van der Waals surface area contributed by atoms with Crippen LogP contribution in [0.1, 0.15) is 68.6 Å². The minimum Gasteiger partial charge on any atom is -0.444 e. The molecule has 0 spiro atoms. The van der Waals surface area contributed by atoms with Crippen LogP contribution in [-0.2, 0) is 33.8 Å². The summed E-state index contributed by atoms with van der Waals surface area (Å²) in [5.41, 5.74) is 8.47. The number of nitrogens with one attached hydrogen (secondary N) is 3. The molecule has 0 aromatic heterocycles. The quantitative estimate of drug-likeness (QED) is 0.0389. The zero-order valence-electron chi connectivity index (χ0n) is 31.8. The Bertz CT molecular complexity index is 1980. The lowest BCUT2D eigenvalue weighted by Gasteiger charge is -2.20. The lowest BCUT2D eigenvalue weighted by atomic mass is 10.1. The Morgan fingerprint density at radius 3 is 1.54 bits per heavy atom. The number of amides is 3. The molecule has 0 aliphatic heterocycles. The summed E-state index contributed by atoms with van der Waals surface area (Å²) >= 11 is 1.70. The highest BCUT2D eigenvalue weighted by Gasteiger charge is 2.18. The topological polar surface area (TPSA) is 235 Å². The average Bonchev–Trinajstić information content (AvgIpc) is 3.10. The van der Waals surface area contributed by atoms with Crippen molar-refractivity contribution >= 4 is 67.2 Å². The Morgan fingerprint density at radius 1 is 0.661 bits per heavy atom. The Kier molecular flexibility index (Phi) is 17.8. The second-order valence-electron chi connectivity index (χ2n) is 13.8. The molecule has 0 saturated carbocycles.